The molecule has 1 aromatic carbocycles. The fourth-order valence-corrected chi connectivity index (χ4v) is 2.67. The normalized spacial score (nSPS) is 25.3. The molecule has 0 radical (unpaired) electrons. The highest BCUT2D eigenvalue weighted by Gasteiger charge is 2.23. The van der Waals surface area contributed by atoms with Crippen LogP contribution in [0.25, 0.3) is 0 Å². The molecule has 0 spiro atoms. The lowest BCUT2D eigenvalue weighted by molar-refractivity contribution is 0.147. The molecule has 2 rings (SSSR count). The van der Waals surface area contributed by atoms with Crippen molar-refractivity contribution < 1.29 is 8.78 Å². The van der Waals surface area contributed by atoms with E-state index in [9.17, 15) is 8.78 Å². The molecule has 1 saturated heterocycles. The van der Waals surface area contributed by atoms with E-state index in [1.165, 1.54) is 12.1 Å². The number of nitrogens with two attached hydrogens (primary N) is 1. The summed E-state index contributed by atoms with van der Waals surface area (Å²) in [7, 11) is 0. The lowest BCUT2D eigenvalue weighted by Crippen LogP contribution is -2.46. The summed E-state index contributed by atoms with van der Waals surface area (Å²) in [4.78, 5) is 2.23. The maximum absolute atomic E-state index is 13.1. The molecule has 1 aliphatic rings. The first-order chi connectivity index (χ1) is 8.58. The minimum atomic E-state index is -0.791. The zero-order valence-corrected chi connectivity index (χ0v) is 10.7. The summed E-state index contributed by atoms with van der Waals surface area (Å²) in [6.45, 7) is 4.62. The molecule has 100 valence electrons. The topological polar surface area (TPSA) is 29.3 Å². The summed E-state index contributed by atoms with van der Waals surface area (Å²) in [5, 5.41) is 0. The summed E-state index contributed by atoms with van der Waals surface area (Å²) in [5.74, 6) is -0.958. The van der Waals surface area contributed by atoms with Crippen LogP contribution in [0, 0.1) is 17.6 Å². The molecule has 0 bridgehead atoms. The second kappa shape index (κ2) is 5.76. The summed E-state index contributed by atoms with van der Waals surface area (Å²) in [5.41, 5.74) is 6.83. The number of halogens is 2. The third kappa shape index (κ3) is 3.27. The molecule has 1 aromatic rings. The van der Waals surface area contributed by atoms with Gasteiger partial charge >= 0.3 is 0 Å². The van der Waals surface area contributed by atoms with Crippen molar-refractivity contribution in [3.63, 3.8) is 0 Å². The van der Waals surface area contributed by atoms with Crippen LogP contribution < -0.4 is 5.73 Å². The first-order valence-electron chi connectivity index (χ1n) is 6.50. The lowest BCUT2D eigenvalue weighted by Gasteiger charge is -2.36. The van der Waals surface area contributed by atoms with Gasteiger partial charge in [0.2, 0.25) is 0 Å². The molecular formula is C14H20F2N2. The largest absolute Gasteiger partial charge is 0.327 e. The van der Waals surface area contributed by atoms with Gasteiger partial charge in [-0.2, -0.15) is 0 Å². The Morgan fingerprint density at radius 1 is 1.28 bits per heavy atom. The molecule has 2 nitrogen and oxygen atoms in total. The zero-order chi connectivity index (χ0) is 13.1. The summed E-state index contributed by atoms with van der Waals surface area (Å²) in [6, 6.07) is 4.29. The molecule has 0 aromatic heterocycles. The first-order valence-corrected chi connectivity index (χ1v) is 6.50. The van der Waals surface area contributed by atoms with Crippen molar-refractivity contribution in [2.24, 2.45) is 11.7 Å². The number of rotatable bonds is 3. The van der Waals surface area contributed by atoms with Crippen molar-refractivity contribution in [2.75, 3.05) is 13.1 Å². The van der Waals surface area contributed by atoms with Gasteiger partial charge in [0, 0.05) is 25.7 Å². The Hall–Kier alpha value is -1.00. The van der Waals surface area contributed by atoms with Gasteiger partial charge in [-0.25, -0.2) is 8.78 Å². The van der Waals surface area contributed by atoms with E-state index >= 15 is 0 Å². The van der Waals surface area contributed by atoms with Gasteiger partial charge in [0.05, 0.1) is 0 Å². The van der Waals surface area contributed by atoms with Gasteiger partial charge in [-0.15, -0.1) is 0 Å². The Balaban J connectivity index is 2.01. The van der Waals surface area contributed by atoms with Gasteiger partial charge in [-0.3, -0.25) is 4.90 Å². The van der Waals surface area contributed by atoms with Gasteiger partial charge < -0.3 is 5.73 Å². The number of piperidine rings is 1. The van der Waals surface area contributed by atoms with Crippen LogP contribution in [0.1, 0.15) is 25.3 Å². The predicted octanol–water partition coefficient (Wildman–Crippen LogP) is 2.52. The van der Waals surface area contributed by atoms with Crippen LogP contribution in [-0.4, -0.2) is 24.0 Å². The number of hydrogen-bond acceptors (Lipinski definition) is 2. The fourth-order valence-electron chi connectivity index (χ4n) is 2.67. The Morgan fingerprint density at radius 2 is 2.06 bits per heavy atom. The Morgan fingerprint density at radius 3 is 2.72 bits per heavy atom. The summed E-state index contributed by atoms with van der Waals surface area (Å²) >= 11 is 0. The van der Waals surface area contributed by atoms with Crippen LogP contribution in [0.2, 0.25) is 0 Å². The Kier molecular flexibility index (Phi) is 4.30. The van der Waals surface area contributed by atoms with Crippen LogP contribution in [0.4, 0.5) is 8.78 Å². The standard InChI is InChI=1S/C14H20F2N2/c1-2-10-5-12(17)9-18(7-10)8-11-3-4-13(15)14(16)6-11/h3-4,6,10,12H,2,5,7-9,17H2,1H3. The van der Waals surface area contributed by atoms with E-state index in [1.54, 1.807) is 6.07 Å². The maximum atomic E-state index is 13.1. The zero-order valence-electron chi connectivity index (χ0n) is 10.7. The molecular weight excluding hydrogens is 234 g/mol. The second-order valence-corrected chi connectivity index (χ2v) is 5.21. The third-order valence-electron chi connectivity index (χ3n) is 3.61. The van der Waals surface area contributed by atoms with Gasteiger partial charge in [0.25, 0.3) is 0 Å². The Labute approximate surface area is 107 Å². The maximum Gasteiger partial charge on any atom is 0.159 e. The van der Waals surface area contributed by atoms with Crippen LogP contribution >= 0.6 is 0 Å². The third-order valence-corrected chi connectivity index (χ3v) is 3.61. The molecule has 18 heavy (non-hydrogen) atoms. The monoisotopic (exact) mass is 254 g/mol. The smallest absolute Gasteiger partial charge is 0.159 e. The van der Waals surface area contributed by atoms with E-state index in [2.05, 4.69) is 11.8 Å². The van der Waals surface area contributed by atoms with Gasteiger partial charge in [-0.05, 0) is 30.0 Å². The van der Waals surface area contributed by atoms with E-state index in [4.69, 9.17) is 5.73 Å². The number of likely N-dealkylation sites (tertiary alicyclic amines) is 1. The molecule has 4 heteroatoms. The van der Waals surface area contributed by atoms with E-state index in [0.29, 0.717) is 12.5 Å². The van der Waals surface area contributed by atoms with E-state index in [1.807, 2.05) is 0 Å². The van der Waals surface area contributed by atoms with Crippen molar-refractivity contribution in [1.29, 1.82) is 0 Å². The van der Waals surface area contributed by atoms with Gasteiger partial charge in [0.1, 0.15) is 0 Å². The molecule has 2 atom stereocenters. The molecule has 0 amide bonds. The molecule has 0 saturated carbocycles. The van der Waals surface area contributed by atoms with Crippen LogP contribution in [-0.2, 0) is 6.54 Å². The number of nitrogens with zero attached hydrogens (tertiary/aromatic N) is 1. The molecule has 1 aliphatic heterocycles. The molecule has 0 aliphatic carbocycles. The van der Waals surface area contributed by atoms with Crippen molar-refractivity contribution in [1.82, 2.24) is 4.90 Å². The van der Waals surface area contributed by atoms with Gasteiger partial charge in [-0.1, -0.05) is 19.4 Å². The van der Waals surface area contributed by atoms with E-state index < -0.39 is 11.6 Å². The van der Waals surface area contributed by atoms with E-state index in [-0.39, 0.29) is 6.04 Å². The Bertz CT molecular complexity index is 409. The van der Waals surface area contributed by atoms with Crippen LogP contribution in [0.5, 0.6) is 0 Å². The predicted molar refractivity (Wildman–Crippen MR) is 68.0 cm³/mol. The molecule has 1 heterocycles. The molecule has 2 unspecified atom stereocenters. The lowest BCUT2D eigenvalue weighted by atomic mass is 9.92. The van der Waals surface area contributed by atoms with E-state index in [0.717, 1.165) is 31.5 Å². The number of benzene rings is 1. The quantitative estimate of drug-likeness (QED) is 0.898. The SMILES string of the molecule is CCC1CC(N)CN(Cc2ccc(F)c(F)c2)C1. The summed E-state index contributed by atoms with van der Waals surface area (Å²) < 4.78 is 26.0. The highest BCUT2D eigenvalue weighted by Crippen LogP contribution is 2.21. The van der Waals surface area contributed by atoms with Crippen molar-refractivity contribution in [2.45, 2.75) is 32.4 Å². The first kappa shape index (κ1) is 13.4. The van der Waals surface area contributed by atoms with Crippen molar-refractivity contribution in [3.05, 3.63) is 35.4 Å². The average Bonchev–Trinajstić information content (AvgIpc) is 2.33. The minimum absolute atomic E-state index is 0.189. The fraction of sp³-hybridized carbons (Fsp3) is 0.571. The highest BCUT2D eigenvalue weighted by atomic mass is 19.2. The van der Waals surface area contributed by atoms with Gasteiger partial charge in [0.15, 0.2) is 11.6 Å². The minimum Gasteiger partial charge on any atom is -0.327 e. The van der Waals surface area contributed by atoms with Crippen LogP contribution in [0.3, 0.4) is 0 Å². The van der Waals surface area contributed by atoms with Crippen molar-refractivity contribution in [3.8, 4) is 0 Å². The van der Waals surface area contributed by atoms with Crippen LogP contribution in [0.15, 0.2) is 18.2 Å². The second-order valence-electron chi connectivity index (χ2n) is 5.21. The number of hydrogen-bond donors (Lipinski definition) is 1. The molecule has 1 fully saturated rings. The van der Waals surface area contributed by atoms with Crippen molar-refractivity contribution >= 4 is 0 Å². The molecule has 2 N–H and O–H groups in total. The average molecular weight is 254 g/mol. The highest BCUT2D eigenvalue weighted by molar-refractivity contribution is 5.17. The summed E-state index contributed by atoms with van der Waals surface area (Å²) in [6.07, 6.45) is 2.17.